The number of nitrogens with two attached hydrogens (primary N) is 1. The molecule has 3 rings (SSSR count). The molecule has 0 bridgehead atoms. The number of fused-ring (bicyclic) bond motifs is 1. The fourth-order valence-electron chi connectivity index (χ4n) is 2.53. The van der Waals surface area contributed by atoms with Crippen molar-refractivity contribution in [2.45, 2.75) is 6.04 Å². The van der Waals surface area contributed by atoms with Gasteiger partial charge in [-0.05, 0) is 29.8 Å². The lowest BCUT2D eigenvalue weighted by molar-refractivity contribution is 0.389. The van der Waals surface area contributed by atoms with E-state index >= 15 is 0 Å². The highest BCUT2D eigenvalue weighted by Gasteiger charge is 2.19. The smallest absolute Gasteiger partial charge is 0.223 e. The molecule has 0 amide bonds. The second-order valence-corrected chi connectivity index (χ2v) is 5.32. The molecular formula is C17H16ClN3O2. The standard InChI is InChI=1S/C17H16ClN3O2/c1-22-10-7-8-12(14(9-10)23-2)15(19)16-11-5-3-4-6-13(11)20-17(18)21-16/h3-9,15H,19H2,1-2H3. The van der Waals surface area contributed by atoms with Crippen molar-refractivity contribution in [1.29, 1.82) is 0 Å². The van der Waals surface area contributed by atoms with Crippen molar-refractivity contribution in [3.05, 3.63) is 59.0 Å². The van der Waals surface area contributed by atoms with Crippen molar-refractivity contribution >= 4 is 22.5 Å². The SMILES string of the molecule is COc1ccc(C(N)c2nc(Cl)nc3ccccc23)c(OC)c1. The number of nitrogens with zero attached hydrogens (tertiary/aromatic N) is 2. The molecule has 23 heavy (non-hydrogen) atoms. The third-order valence-corrected chi connectivity index (χ3v) is 3.84. The number of methoxy groups -OCH3 is 2. The van der Waals surface area contributed by atoms with Gasteiger partial charge in [-0.1, -0.05) is 18.2 Å². The quantitative estimate of drug-likeness (QED) is 0.743. The number of rotatable bonds is 4. The van der Waals surface area contributed by atoms with E-state index in [1.165, 1.54) is 0 Å². The van der Waals surface area contributed by atoms with Crippen molar-refractivity contribution in [3.63, 3.8) is 0 Å². The summed E-state index contributed by atoms with van der Waals surface area (Å²) in [7, 11) is 3.20. The zero-order valence-corrected chi connectivity index (χ0v) is 13.5. The number of hydrogen-bond donors (Lipinski definition) is 1. The van der Waals surface area contributed by atoms with Crippen LogP contribution in [0.3, 0.4) is 0 Å². The number of ether oxygens (including phenoxy) is 2. The second kappa shape index (κ2) is 6.40. The Labute approximate surface area is 139 Å². The lowest BCUT2D eigenvalue weighted by Gasteiger charge is -2.17. The topological polar surface area (TPSA) is 70.3 Å². The highest BCUT2D eigenvalue weighted by Crippen LogP contribution is 2.33. The molecular weight excluding hydrogens is 314 g/mol. The van der Waals surface area contributed by atoms with E-state index in [0.29, 0.717) is 17.2 Å². The molecule has 0 aliphatic carbocycles. The van der Waals surface area contributed by atoms with Crippen molar-refractivity contribution < 1.29 is 9.47 Å². The minimum atomic E-state index is -0.499. The van der Waals surface area contributed by atoms with E-state index in [1.54, 1.807) is 20.3 Å². The van der Waals surface area contributed by atoms with Crippen LogP contribution < -0.4 is 15.2 Å². The van der Waals surface area contributed by atoms with Crippen molar-refractivity contribution in [1.82, 2.24) is 9.97 Å². The van der Waals surface area contributed by atoms with Gasteiger partial charge in [-0.2, -0.15) is 0 Å². The van der Waals surface area contributed by atoms with Crippen LogP contribution in [0.25, 0.3) is 10.9 Å². The Balaban J connectivity index is 2.16. The normalized spacial score (nSPS) is 12.2. The number of hydrogen-bond acceptors (Lipinski definition) is 5. The first-order chi connectivity index (χ1) is 11.1. The number of benzene rings is 2. The summed E-state index contributed by atoms with van der Waals surface area (Å²) in [5.74, 6) is 1.33. The van der Waals surface area contributed by atoms with Gasteiger partial charge < -0.3 is 15.2 Å². The van der Waals surface area contributed by atoms with Crippen LogP contribution in [0.5, 0.6) is 11.5 Å². The Hall–Kier alpha value is -2.37. The minimum Gasteiger partial charge on any atom is -0.497 e. The summed E-state index contributed by atoms with van der Waals surface area (Å²) in [4.78, 5) is 8.57. The van der Waals surface area contributed by atoms with Crippen molar-refractivity contribution in [2.75, 3.05) is 14.2 Å². The van der Waals surface area contributed by atoms with Gasteiger partial charge in [-0.25, -0.2) is 9.97 Å². The van der Waals surface area contributed by atoms with Crippen molar-refractivity contribution in [2.24, 2.45) is 5.73 Å². The van der Waals surface area contributed by atoms with E-state index in [2.05, 4.69) is 9.97 Å². The molecule has 0 radical (unpaired) electrons. The number of halogens is 1. The molecule has 0 saturated heterocycles. The Morgan fingerprint density at radius 3 is 2.57 bits per heavy atom. The molecule has 5 nitrogen and oxygen atoms in total. The molecule has 0 aliphatic rings. The van der Waals surface area contributed by atoms with Crippen LogP contribution in [0.2, 0.25) is 5.28 Å². The first-order valence-electron chi connectivity index (χ1n) is 7.03. The number of para-hydroxylation sites is 1. The van der Waals surface area contributed by atoms with Crippen LogP contribution in [0.4, 0.5) is 0 Å². The predicted molar refractivity (Wildman–Crippen MR) is 90.1 cm³/mol. The van der Waals surface area contributed by atoms with Crippen molar-refractivity contribution in [3.8, 4) is 11.5 Å². The summed E-state index contributed by atoms with van der Waals surface area (Å²) in [6, 6.07) is 12.6. The van der Waals surface area contributed by atoms with Crippen LogP contribution in [-0.4, -0.2) is 24.2 Å². The van der Waals surface area contributed by atoms with Gasteiger partial charge in [0.25, 0.3) is 0 Å². The maximum Gasteiger partial charge on any atom is 0.223 e. The molecule has 2 N–H and O–H groups in total. The van der Waals surface area contributed by atoms with Crippen LogP contribution in [0.15, 0.2) is 42.5 Å². The Morgan fingerprint density at radius 2 is 1.83 bits per heavy atom. The fraction of sp³-hybridized carbons (Fsp3) is 0.176. The van der Waals surface area contributed by atoms with E-state index in [1.807, 2.05) is 36.4 Å². The van der Waals surface area contributed by atoms with Gasteiger partial charge in [0.2, 0.25) is 5.28 Å². The Bertz CT molecular complexity index is 854. The molecule has 0 spiro atoms. The van der Waals surface area contributed by atoms with Crippen LogP contribution in [0.1, 0.15) is 17.3 Å². The average Bonchev–Trinajstić information content (AvgIpc) is 2.59. The maximum atomic E-state index is 6.45. The van der Waals surface area contributed by atoms with Gasteiger partial charge in [-0.3, -0.25) is 0 Å². The molecule has 1 heterocycles. The first kappa shape index (κ1) is 15.5. The third kappa shape index (κ3) is 2.93. The highest BCUT2D eigenvalue weighted by atomic mass is 35.5. The zero-order valence-electron chi connectivity index (χ0n) is 12.8. The third-order valence-electron chi connectivity index (χ3n) is 3.68. The highest BCUT2D eigenvalue weighted by molar-refractivity contribution is 6.28. The molecule has 0 saturated carbocycles. The Kier molecular flexibility index (Phi) is 4.32. The van der Waals surface area contributed by atoms with Crippen LogP contribution >= 0.6 is 11.6 Å². The average molecular weight is 330 g/mol. The van der Waals surface area contributed by atoms with Gasteiger partial charge in [0.1, 0.15) is 11.5 Å². The molecule has 2 aromatic carbocycles. The minimum absolute atomic E-state index is 0.168. The van der Waals surface area contributed by atoms with E-state index in [4.69, 9.17) is 26.8 Å². The van der Waals surface area contributed by atoms with Gasteiger partial charge >= 0.3 is 0 Å². The van der Waals surface area contributed by atoms with Gasteiger partial charge in [0, 0.05) is 17.0 Å². The van der Waals surface area contributed by atoms with Gasteiger partial charge in [0.15, 0.2) is 0 Å². The molecule has 1 atom stereocenters. The van der Waals surface area contributed by atoms with E-state index in [0.717, 1.165) is 16.5 Å². The first-order valence-corrected chi connectivity index (χ1v) is 7.41. The monoisotopic (exact) mass is 329 g/mol. The lowest BCUT2D eigenvalue weighted by Crippen LogP contribution is -2.16. The fourth-order valence-corrected chi connectivity index (χ4v) is 2.71. The summed E-state index contributed by atoms with van der Waals surface area (Å²) >= 11 is 6.05. The molecule has 1 aromatic heterocycles. The van der Waals surface area contributed by atoms with E-state index in [9.17, 15) is 0 Å². The van der Waals surface area contributed by atoms with E-state index < -0.39 is 6.04 Å². The summed E-state index contributed by atoms with van der Waals surface area (Å²) in [6.45, 7) is 0. The van der Waals surface area contributed by atoms with Crippen LogP contribution in [0, 0.1) is 0 Å². The molecule has 1 unspecified atom stereocenters. The summed E-state index contributed by atoms with van der Waals surface area (Å²) in [5, 5.41) is 1.03. The largest absolute Gasteiger partial charge is 0.497 e. The van der Waals surface area contributed by atoms with Gasteiger partial charge in [0.05, 0.1) is 31.5 Å². The maximum absolute atomic E-state index is 6.45. The molecule has 0 fully saturated rings. The number of aromatic nitrogens is 2. The Morgan fingerprint density at radius 1 is 1.04 bits per heavy atom. The van der Waals surface area contributed by atoms with Crippen LogP contribution in [-0.2, 0) is 0 Å². The lowest BCUT2D eigenvalue weighted by atomic mass is 10.00. The molecule has 118 valence electrons. The summed E-state index contributed by atoms with van der Waals surface area (Å²) < 4.78 is 10.7. The molecule has 0 aliphatic heterocycles. The summed E-state index contributed by atoms with van der Waals surface area (Å²) in [5.41, 5.74) is 8.66. The zero-order chi connectivity index (χ0) is 16.4. The molecule has 3 aromatic rings. The van der Waals surface area contributed by atoms with Gasteiger partial charge in [-0.15, -0.1) is 0 Å². The summed E-state index contributed by atoms with van der Waals surface area (Å²) in [6.07, 6.45) is 0. The van der Waals surface area contributed by atoms with E-state index in [-0.39, 0.29) is 5.28 Å². The predicted octanol–water partition coefficient (Wildman–Crippen LogP) is 3.35. The second-order valence-electron chi connectivity index (χ2n) is 4.98. The molecule has 6 heteroatoms.